The molecule has 1 aliphatic rings. The van der Waals surface area contributed by atoms with Gasteiger partial charge in [-0.25, -0.2) is 8.78 Å². The smallest absolute Gasteiger partial charge is 0.236 e. The van der Waals surface area contributed by atoms with Crippen molar-refractivity contribution in [2.24, 2.45) is 0 Å². The highest BCUT2D eigenvalue weighted by Gasteiger charge is 2.16. The molecule has 1 fully saturated rings. The van der Waals surface area contributed by atoms with Gasteiger partial charge in [0, 0.05) is 25.7 Å². The molecule has 1 aromatic carbocycles. The van der Waals surface area contributed by atoms with Crippen molar-refractivity contribution in [2.75, 3.05) is 26.2 Å². The number of carbonyl (C=O) groups excluding carboxylic acids is 1. The third-order valence-electron chi connectivity index (χ3n) is 2.78. The number of rotatable bonds is 3. The van der Waals surface area contributed by atoms with E-state index in [1.54, 1.807) is 4.90 Å². The second-order valence-corrected chi connectivity index (χ2v) is 4.09. The highest BCUT2D eigenvalue weighted by molar-refractivity contribution is 5.78. The average molecular weight is 240 g/mol. The van der Waals surface area contributed by atoms with Crippen LogP contribution in [0.5, 0.6) is 0 Å². The summed E-state index contributed by atoms with van der Waals surface area (Å²) in [6.07, 6.45) is 0.473. The van der Waals surface area contributed by atoms with Crippen molar-refractivity contribution < 1.29 is 13.6 Å². The maximum Gasteiger partial charge on any atom is 0.236 e. The predicted octanol–water partition coefficient (Wildman–Crippen LogP) is 0.939. The van der Waals surface area contributed by atoms with Crippen LogP contribution in [0.25, 0.3) is 0 Å². The minimum atomic E-state index is -0.577. The molecule has 92 valence electrons. The van der Waals surface area contributed by atoms with E-state index in [0.717, 1.165) is 12.6 Å². The second-order valence-electron chi connectivity index (χ2n) is 4.09. The molecule has 3 nitrogen and oxygen atoms in total. The highest BCUT2D eigenvalue weighted by Crippen LogP contribution is 2.09. The molecule has 5 heteroatoms. The van der Waals surface area contributed by atoms with Crippen LogP contribution in [0.2, 0.25) is 0 Å². The van der Waals surface area contributed by atoms with Crippen molar-refractivity contribution in [1.29, 1.82) is 0 Å². The SMILES string of the molecule is O=C1CNCCN1CCc1cc(F)cc(F)c1. The van der Waals surface area contributed by atoms with Crippen LogP contribution >= 0.6 is 0 Å². The molecule has 1 aliphatic heterocycles. The lowest BCUT2D eigenvalue weighted by Crippen LogP contribution is -2.48. The summed E-state index contributed by atoms with van der Waals surface area (Å²) in [5, 5.41) is 2.97. The summed E-state index contributed by atoms with van der Waals surface area (Å²) >= 11 is 0. The molecule has 1 aromatic rings. The Hall–Kier alpha value is -1.49. The summed E-state index contributed by atoms with van der Waals surface area (Å²) in [7, 11) is 0. The molecule has 0 spiro atoms. The van der Waals surface area contributed by atoms with Crippen LogP contribution in [0.3, 0.4) is 0 Å². The Kier molecular flexibility index (Phi) is 3.68. The largest absolute Gasteiger partial charge is 0.340 e. The molecule has 0 unspecified atom stereocenters. The minimum absolute atomic E-state index is 0.0353. The maximum absolute atomic E-state index is 12.9. The molecule has 1 heterocycles. The van der Waals surface area contributed by atoms with Gasteiger partial charge in [0.2, 0.25) is 5.91 Å². The van der Waals surface area contributed by atoms with Crippen molar-refractivity contribution in [2.45, 2.75) is 6.42 Å². The Morgan fingerprint density at radius 2 is 1.94 bits per heavy atom. The van der Waals surface area contributed by atoms with Gasteiger partial charge in [-0.1, -0.05) is 0 Å². The monoisotopic (exact) mass is 240 g/mol. The van der Waals surface area contributed by atoms with Gasteiger partial charge in [-0.05, 0) is 24.1 Å². The number of hydrogen-bond acceptors (Lipinski definition) is 2. The van der Waals surface area contributed by atoms with E-state index < -0.39 is 11.6 Å². The van der Waals surface area contributed by atoms with Gasteiger partial charge in [0.1, 0.15) is 11.6 Å². The summed E-state index contributed by atoms with van der Waals surface area (Å²) in [5.41, 5.74) is 0.578. The van der Waals surface area contributed by atoms with Crippen LogP contribution < -0.4 is 5.32 Å². The lowest BCUT2D eigenvalue weighted by atomic mass is 10.1. The number of halogens is 2. The van der Waals surface area contributed by atoms with Crippen molar-refractivity contribution in [1.82, 2.24) is 10.2 Å². The quantitative estimate of drug-likeness (QED) is 0.852. The number of nitrogens with zero attached hydrogens (tertiary/aromatic N) is 1. The molecule has 0 radical (unpaired) electrons. The first-order valence-electron chi connectivity index (χ1n) is 5.58. The Labute approximate surface area is 98.4 Å². The van der Waals surface area contributed by atoms with E-state index in [-0.39, 0.29) is 5.91 Å². The maximum atomic E-state index is 12.9. The third kappa shape index (κ3) is 3.23. The van der Waals surface area contributed by atoms with Gasteiger partial charge in [0.05, 0.1) is 6.54 Å². The standard InChI is InChI=1S/C12H14F2N2O/c13-10-5-9(6-11(14)7-10)1-3-16-4-2-15-8-12(16)17/h5-7,15H,1-4,8H2. The molecule has 0 atom stereocenters. The number of benzene rings is 1. The molecule has 2 rings (SSSR count). The molecule has 1 amide bonds. The minimum Gasteiger partial charge on any atom is -0.340 e. The first-order valence-corrected chi connectivity index (χ1v) is 5.58. The highest BCUT2D eigenvalue weighted by atomic mass is 19.1. The van der Waals surface area contributed by atoms with Crippen LogP contribution in [0.15, 0.2) is 18.2 Å². The third-order valence-corrected chi connectivity index (χ3v) is 2.78. The predicted molar refractivity (Wildman–Crippen MR) is 59.5 cm³/mol. The first-order chi connectivity index (χ1) is 8.15. The average Bonchev–Trinajstić information content (AvgIpc) is 2.27. The summed E-state index contributed by atoms with van der Waals surface area (Å²) < 4.78 is 25.9. The molecule has 0 aliphatic carbocycles. The van der Waals surface area contributed by atoms with E-state index in [0.29, 0.717) is 31.6 Å². The van der Waals surface area contributed by atoms with Crippen molar-refractivity contribution in [3.05, 3.63) is 35.4 Å². The second kappa shape index (κ2) is 5.23. The fourth-order valence-electron chi connectivity index (χ4n) is 1.90. The lowest BCUT2D eigenvalue weighted by Gasteiger charge is -2.27. The lowest BCUT2D eigenvalue weighted by molar-refractivity contribution is -0.131. The molecule has 0 aromatic heterocycles. The molecular weight excluding hydrogens is 226 g/mol. The number of carbonyl (C=O) groups is 1. The summed E-state index contributed by atoms with van der Waals surface area (Å²) in [4.78, 5) is 13.2. The number of hydrogen-bond donors (Lipinski definition) is 1. The zero-order valence-corrected chi connectivity index (χ0v) is 9.38. The fourth-order valence-corrected chi connectivity index (χ4v) is 1.90. The van der Waals surface area contributed by atoms with Gasteiger partial charge in [-0.2, -0.15) is 0 Å². The zero-order chi connectivity index (χ0) is 12.3. The number of piperazine rings is 1. The van der Waals surface area contributed by atoms with Gasteiger partial charge in [-0.3, -0.25) is 4.79 Å². The Morgan fingerprint density at radius 1 is 1.24 bits per heavy atom. The molecular formula is C12H14F2N2O. The van der Waals surface area contributed by atoms with Crippen LogP contribution in [0.1, 0.15) is 5.56 Å². The van der Waals surface area contributed by atoms with Crippen LogP contribution in [-0.2, 0) is 11.2 Å². The molecule has 1 N–H and O–H groups in total. The van der Waals surface area contributed by atoms with Gasteiger partial charge >= 0.3 is 0 Å². The Morgan fingerprint density at radius 3 is 2.59 bits per heavy atom. The van der Waals surface area contributed by atoms with Gasteiger partial charge in [0.15, 0.2) is 0 Å². The summed E-state index contributed by atoms with van der Waals surface area (Å²) in [6.45, 7) is 2.26. The number of amides is 1. The summed E-state index contributed by atoms with van der Waals surface area (Å²) in [6, 6.07) is 3.45. The molecule has 1 saturated heterocycles. The van der Waals surface area contributed by atoms with Gasteiger partial charge < -0.3 is 10.2 Å². The topological polar surface area (TPSA) is 32.3 Å². The van der Waals surface area contributed by atoms with E-state index in [2.05, 4.69) is 5.32 Å². The van der Waals surface area contributed by atoms with Crippen LogP contribution in [-0.4, -0.2) is 37.0 Å². The van der Waals surface area contributed by atoms with E-state index in [4.69, 9.17) is 0 Å². The first kappa shape index (κ1) is 12.0. The summed E-state index contributed by atoms with van der Waals surface area (Å²) in [5.74, 6) is -1.12. The van der Waals surface area contributed by atoms with E-state index in [1.165, 1.54) is 12.1 Å². The van der Waals surface area contributed by atoms with Crippen LogP contribution in [0, 0.1) is 11.6 Å². The van der Waals surface area contributed by atoms with E-state index in [1.807, 2.05) is 0 Å². The van der Waals surface area contributed by atoms with E-state index in [9.17, 15) is 13.6 Å². The van der Waals surface area contributed by atoms with Crippen molar-refractivity contribution in [3.63, 3.8) is 0 Å². The number of nitrogens with one attached hydrogen (secondary N) is 1. The Balaban J connectivity index is 1.94. The van der Waals surface area contributed by atoms with E-state index >= 15 is 0 Å². The molecule has 0 bridgehead atoms. The normalized spacial score (nSPS) is 16.4. The Bertz CT molecular complexity index is 403. The van der Waals surface area contributed by atoms with Gasteiger partial charge in [-0.15, -0.1) is 0 Å². The van der Waals surface area contributed by atoms with Crippen LogP contribution in [0.4, 0.5) is 8.78 Å². The van der Waals surface area contributed by atoms with Gasteiger partial charge in [0.25, 0.3) is 0 Å². The fraction of sp³-hybridized carbons (Fsp3) is 0.417. The van der Waals surface area contributed by atoms with Crippen molar-refractivity contribution >= 4 is 5.91 Å². The zero-order valence-electron chi connectivity index (χ0n) is 9.38. The molecule has 0 saturated carbocycles. The molecule has 17 heavy (non-hydrogen) atoms. The van der Waals surface area contributed by atoms with Crippen molar-refractivity contribution in [3.8, 4) is 0 Å².